The summed E-state index contributed by atoms with van der Waals surface area (Å²) in [6, 6.07) is 4.91. The minimum atomic E-state index is -1.79. The first-order valence-corrected chi connectivity index (χ1v) is 10.6. The molecular formula is C23H24O13. The number of phenols is 3. The Hall–Kier alpha value is -3.75. The Labute approximate surface area is 202 Å². The van der Waals surface area contributed by atoms with Gasteiger partial charge in [0.2, 0.25) is 23.2 Å². The van der Waals surface area contributed by atoms with Crippen LogP contribution in [0.15, 0.2) is 33.5 Å². The van der Waals surface area contributed by atoms with E-state index in [1.54, 1.807) is 0 Å². The molecule has 0 aliphatic carbocycles. The topological polar surface area (TPSA) is 209 Å². The molecule has 0 spiro atoms. The highest BCUT2D eigenvalue weighted by atomic mass is 16.7. The van der Waals surface area contributed by atoms with Crippen molar-refractivity contribution in [2.45, 2.75) is 30.7 Å². The number of aromatic hydroxyl groups is 3. The van der Waals surface area contributed by atoms with Gasteiger partial charge in [0.25, 0.3) is 0 Å². The molecule has 1 aromatic heterocycles. The van der Waals surface area contributed by atoms with E-state index in [1.165, 1.54) is 32.4 Å². The van der Waals surface area contributed by atoms with Crippen molar-refractivity contribution < 1.29 is 59.1 Å². The summed E-state index contributed by atoms with van der Waals surface area (Å²) in [7, 11) is 2.41. The van der Waals surface area contributed by atoms with Crippen molar-refractivity contribution in [2.24, 2.45) is 0 Å². The quantitative estimate of drug-likeness (QED) is 0.215. The Balaban J connectivity index is 1.86. The Morgan fingerprint density at radius 3 is 2.25 bits per heavy atom. The molecule has 0 saturated carbocycles. The second-order valence-electron chi connectivity index (χ2n) is 7.94. The van der Waals surface area contributed by atoms with Crippen molar-refractivity contribution in [3.8, 4) is 45.8 Å². The van der Waals surface area contributed by atoms with E-state index in [2.05, 4.69) is 0 Å². The van der Waals surface area contributed by atoms with Gasteiger partial charge in [-0.1, -0.05) is 0 Å². The van der Waals surface area contributed by atoms with Gasteiger partial charge in [-0.15, -0.1) is 0 Å². The lowest BCUT2D eigenvalue weighted by Gasteiger charge is -2.39. The fourth-order valence-corrected chi connectivity index (χ4v) is 3.86. The summed E-state index contributed by atoms with van der Waals surface area (Å²) in [4.78, 5) is 13.3. The highest BCUT2D eigenvalue weighted by molar-refractivity contribution is 5.91. The van der Waals surface area contributed by atoms with E-state index in [0.29, 0.717) is 0 Å². The van der Waals surface area contributed by atoms with E-state index in [4.69, 9.17) is 23.4 Å². The Morgan fingerprint density at radius 1 is 0.917 bits per heavy atom. The molecule has 13 heteroatoms. The predicted octanol–water partition coefficient (Wildman–Crippen LogP) is -0.227. The van der Waals surface area contributed by atoms with Crippen LogP contribution in [-0.4, -0.2) is 87.3 Å². The minimum Gasteiger partial charge on any atom is -0.504 e. The van der Waals surface area contributed by atoms with Gasteiger partial charge in [0, 0.05) is 11.6 Å². The van der Waals surface area contributed by atoms with Gasteiger partial charge in [-0.05, 0) is 18.2 Å². The standard InChI is InChI=1S/C23H24O13/c1-32-12-6-11-14(16(28)21(12)36-23-19(31)18(30)15(27)13(7-24)35-23)17(29)22(33-2)20(34-11)8-3-4-9(25)10(26)5-8/h3-6,13,15,18-19,23-28,30-31H,7H2,1-2H3/t13-,15-,18-,19-,23+/m0/s1. The molecule has 1 aliphatic rings. The summed E-state index contributed by atoms with van der Waals surface area (Å²) in [6.45, 7) is -0.706. The maximum Gasteiger partial charge on any atom is 0.239 e. The van der Waals surface area contributed by atoms with Crippen LogP contribution in [0.2, 0.25) is 0 Å². The number of hydrogen-bond acceptors (Lipinski definition) is 13. The van der Waals surface area contributed by atoms with E-state index in [9.17, 15) is 40.5 Å². The van der Waals surface area contributed by atoms with Crippen molar-refractivity contribution in [2.75, 3.05) is 20.8 Å². The summed E-state index contributed by atoms with van der Waals surface area (Å²) in [5, 5.41) is 69.7. The number of methoxy groups -OCH3 is 2. The smallest absolute Gasteiger partial charge is 0.239 e. The molecule has 2 aromatic carbocycles. The number of aliphatic hydroxyl groups is 4. The van der Waals surface area contributed by atoms with Crippen LogP contribution in [0.1, 0.15) is 0 Å². The average Bonchev–Trinajstić information content (AvgIpc) is 2.86. The van der Waals surface area contributed by atoms with E-state index in [1.807, 2.05) is 0 Å². The van der Waals surface area contributed by atoms with E-state index >= 15 is 0 Å². The van der Waals surface area contributed by atoms with Gasteiger partial charge in [0.15, 0.2) is 28.8 Å². The second kappa shape index (κ2) is 9.72. The summed E-state index contributed by atoms with van der Waals surface area (Å²) < 4.78 is 27.1. The second-order valence-corrected chi connectivity index (χ2v) is 7.94. The molecule has 5 atom stereocenters. The molecule has 0 unspecified atom stereocenters. The van der Waals surface area contributed by atoms with Gasteiger partial charge in [0.1, 0.15) is 35.4 Å². The normalized spacial score (nSPS) is 24.0. The third-order valence-corrected chi connectivity index (χ3v) is 5.78. The molecule has 194 valence electrons. The first-order valence-electron chi connectivity index (χ1n) is 10.6. The van der Waals surface area contributed by atoms with Crippen LogP contribution >= 0.6 is 0 Å². The van der Waals surface area contributed by atoms with Gasteiger partial charge in [-0.2, -0.15) is 0 Å². The third-order valence-electron chi connectivity index (χ3n) is 5.78. The number of hydrogen-bond donors (Lipinski definition) is 7. The molecule has 0 radical (unpaired) electrons. The summed E-state index contributed by atoms with van der Waals surface area (Å²) in [6.07, 6.45) is -8.13. The molecule has 1 saturated heterocycles. The van der Waals surface area contributed by atoms with Crippen molar-refractivity contribution in [1.82, 2.24) is 0 Å². The monoisotopic (exact) mass is 508 g/mol. The van der Waals surface area contributed by atoms with Crippen LogP contribution in [0.4, 0.5) is 0 Å². The van der Waals surface area contributed by atoms with E-state index < -0.39 is 65.7 Å². The Bertz CT molecular complexity index is 1330. The summed E-state index contributed by atoms with van der Waals surface area (Å²) in [5.41, 5.74) is -0.819. The molecule has 3 aromatic rings. The van der Waals surface area contributed by atoms with Gasteiger partial charge in [-0.3, -0.25) is 4.79 Å². The lowest BCUT2D eigenvalue weighted by molar-refractivity contribution is -0.277. The fourth-order valence-electron chi connectivity index (χ4n) is 3.86. The molecule has 36 heavy (non-hydrogen) atoms. The van der Waals surface area contributed by atoms with E-state index in [-0.39, 0.29) is 33.8 Å². The minimum absolute atomic E-state index is 0.116. The number of rotatable bonds is 6. The van der Waals surface area contributed by atoms with Crippen LogP contribution in [-0.2, 0) is 4.74 Å². The number of fused-ring (bicyclic) bond motifs is 1. The SMILES string of the molecule is COc1cc2oc(-c3ccc(O)c(O)c3)c(OC)c(=O)c2c(O)c1O[C@H]1O[C@@H](CO)[C@H](O)[C@H](O)[C@@H]1O. The van der Waals surface area contributed by atoms with Gasteiger partial charge in [-0.25, -0.2) is 0 Å². The zero-order chi connectivity index (χ0) is 26.3. The Kier molecular flexibility index (Phi) is 6.84. The molecule has 7 N–H and O–H groups in total. The molecule has 13 nitrogen and oxygen atoms in total. The largest absolute Gasteiger partial charge is 0.504 e. The zero-order valence-electron chi connectivity index (χ0n) is 19.0. The molecule has 2 heterocycles. The molecule has 0 bridgehead atoms. The third kappa shape index (κ3) is 4.12. The van der Waals surface area contributed by atoms with Crippen molar-refractivity contribution >= 4 is 11.0 Å². The first kappa shape index (κ1) is 25.3. The zero-order valence-corrected chi connectivity index (χ0v) is 19.0. The number of benzene rings is 2. The van der Waals surface area contributed by atoms with Gasteiger partial charge < -0.3 is 59.1 Å². The maximum atomic E-state index is 13.3. The lowest BCUT2D eigenvalue weighted by atomic mass is 9.99. The summed E-state index contributed by atoms with van der Waals surface area (Å²) >= 11 is 0. The van der Waals surface area contributed by atoms with Crippen molar-refractivity contribution in [3.63, 3.8) is 0 Å². The van der Waals surface area contributed by atoms with Gasteiger partial charge >= 0.3 is 0 Å². The van der Waals surface area contributed by atoms with Crippen molar-refractivity contribution in [1.29, 1.82) is 0 Å². The fraction of sp³-hybridized carbons (Fsp3) is 0.348. The Morgan fingerprint density at radius 2 is 1.64 bits per heavy atom. The van der Waals surface area contributed by atoms with Crippen LogP contribution in [0.25, 0.3) is 22.3 Å². The average molecular weight is 508 g/mol. The number of ether oxygens (including phenoxy) is 4. The first-order chi connectivity index (χ1) is 17.1. The van der Waals surface area contributed by atoms with Crippen molar-refractivity contribution in [3.05, 3.63) is 34.5 Å². The van der Waals surface area contributed by atoms with Gasteiger partial charge in [0.05, 0.1) is 20.8 Å². The van der Waals surface area contributed by atoms with Crippen LogP contribution in [0, 0.1) is 0 Å². The summed E-state index contributed by atoms with van der Waals surface area (Å²) in [5.74, 6) is -2.71. The number of aliphatic hydroxyl groups excluding tert-OH is 4. The van der Waals surface area contributed by atoms with Crippen LogP contribution in [0.3, 0.4) is 0 Å². The maximum absolute atomic E-state index is 13.3. The molecular weight excluding hydrogens is 484 g/mol. The number of phenolic OH excluding ortho intramolecular Hbond substituents is 3. The highest BCUT2D eigenvalue weighted by Gasteiger charge is 2.45. The lowest BCUT2D eigenvalue weighted by Crippen LogP contribution is -2.60. The highest BCUT2D eigenvalue weighted by Crippen LogP contribution is 2.45. The molecule has 0 amide bonds. The molecule has 1 aliphatic heterocycles. The van der Waals surface area contributed by atoms with Crippen LogP contribution < -0.4 is 19.6 Å². The molecule has 4 rings (SSSR count). The predicted molar refractivity (Wildman–Crippen MR) is 120 cm³/mol. The molecule has 1 fully saturated rings. The van der Waals surface area contributed by atoms with E-state index in [0.717, 1.165) is 6.07 Å². The van der Waals surface area contributed by atoms with Crippen LogP contribution in [0.5, 0.6) is 34.5 Å².